The van der Waals surface area contributed by atoms with Crippen molar-refractivity contribution >= 4 is 11.9 Å². The molecule has 1 amide bonds. The van der Waals surface area contributed by atoms with E-state index in [2.05, 4.69) is 5.32 Å². The Balaban J connectivity index is 1.87. The fourth-order valence-corrected chi connectivity index (χ4v) is 2.45. The minimum atomic E-state index is -0.422. The topological polar surface area (TPSA) is 55.4 Å². The lowest BCUT2D eigenvalue weighted by Gasteiger charge is -2.22. The van der Waals surface area contributed by atoms with E-state index in [-0.39, 0.29) is 17.8 Å². The fraction of sp³-hybridized carbons (Fsp3) is 0.846. The van der Waals surface area contributed by atoms with E-state index in [1.54, 1.807) is 0 Å². The van der Waals surface area contributed by atoms with Crippen molar-refractivity contribution in [1.29, 1.82) is 0 Å². The number of hydrogen-bond acceptors (Lipinski definition) is 3. The first-order chi connectivity index (χ1) is 8.16. The van der Waals surface area contributed by atoms with Gasteiger partial charge in [0.1, 0.15) is 6.04 Å². The van der Waals surface area contributed by atoms with Crippen LogP contribution in [0.15, 0.2) is 0 Å². The van der Waals surface area contributed by atoms with Crippen molar-refractivity contribution in [3.8, 4) is 0 Å². The van der Waals surface area contributed by atoms with Gasteiger partial charge in [0.15, 0.2) is 0 Å². The van der Waals surface area contributed by atoms with E-state index in [4.69, 9.17) is 4.74 Å². The summed E-state index contributed by atoms with van der Waals surface area (Å²) in [6.45, 7) is 1.98. The van der Waals surface area contributed by atoms with Crippen LogP contribution in [-0.4, -0.2) is 24.5 Å². The standard InChI is InChI=1S/C13H21NO3/c1-9(15)14-12(11-4-2-3-5-11)13(16)17-8-10-6-7-10/h10-12H,2-8H2,1H3,(H,14,15). The van der Waals surface area contributed by atoms with E-state index in [0.717, 1.165) is 25.7 Å². The second-order valence-corrected chi connectivity index (χ2v) is 5.30. The predicted molar refractivity (Wildman–Crippen MR) is 63.2 cm³/mol. The Labute approximate surface area is 102 Å². The van der Waals surface area contributed by atoms with Crippen LogP contribution in [-0.2, 0) is 14.3 Å². The van der Waals surface area contributed by atoms with Crippen LogP contribution in [0.2, 0.25) is 0 Å². The van der Waals surface area contributed by atoms with Crippen LogP contribution >= 0.6 is 0 Å². The maximum atomic E-state index is 12.0. The molecule has 0 aromatic heterocycles. The van der Waals surface area contributed by atoms with Crippen molar-refractivity contribution in [3.05, 3.63) is 0 Å². The van der Waals surface area contributed by atoms with Gasteiger partial charge in [0.25, 0.3) is 0 Å². The molecule has 17 heavy (non-hydrogen) atoms. The Kier molecular flexibility index (Phi) is 4.02. The minimum absolute atomic E-state index is 0.148. The van der Waals surface area contributed by atoms with E-state index in [1.165, 1.54) is 19.8 Å². The first-order valence-corrected chi connectivity index (χ1v) is 6.60. The summed E-state index contributed by atoms with van der Waals surface area (Å²) in [7, 11) is 0. The van der Waals surface area contributed by atoms with E-state index in [0.29, 0.717) is 12.5 Å². The molecule has 0 heterocycles. The zero-order valence-corrected chi connectivity index (χ0v) is 10.4. The summed E-state index contributed by atoms with van der Waals surface area (Å²) in [5.74, 6) is 0.454. The molecular formula is C13H21NO3. The summed E-state index contributed by atoms with van der Waals surface area (Å²) in [5.41, 5.74) is 0. The maximum Gasteiger partial charge on any atom is 0.328 e. The summed E-state index contributed by atoms with van der Waals surface area (Å²) in [6.07, 6.45) is 6.67. The van der Waals surface area contributed by atoms with E-state index in [9.17, 15) is 9.59 Å². The van der Waals surface area contributed by atoms with Gasteiger partial charge >= 0.3 is 5.97 Å². The third-order valence-corrected chi connectivity index (χ3v) is 3.64. The molecule has 2 saturated carbocycles. The smallest absolute Gasteiger partial charge is 0.328 e. The number of ether oxygens (including phenoxy) is 1. The Morgan fingerprint density at radius 2 is 1.88 bits per heavy atom. The zero-order valence-electron chi connectivity index (χ0n) is 10.4. The summed E-state index contributed by atoms with van der Waals surface area (Å²) in [4.78, 5) is 23.1. The minimum Gasteiger partial charge on any atom is -0.464 e. The van der Waals surface area contributed by atoms with Crippen LogP contribution in [0.5, 0.6) is 0 Å². The van der Waals surface area contributed by atoms with Crippen LogP contribution in [0.4, 0.5) is 0 Å². The Hall–Kier alpha value is -1.06. The first kappa shape index (κ1) is 12.4. The van der Waals surface area contributed by atoms with Crippen molar-refractivity contribution < 1.29 is 14.3 Å². The number of esters is 1. The number of carbonyl (C=O) groups excluding carboxylic acids is 2. The lowest BCUT2D eigenvalue weighted by molar-refractivity contribution is -0.149. The van der Waals surface area contributed by atoms with Gasteiger partial charge in [-0.05, 0) is 37.5 Å². The van der Waals surface area contributed by atoms with Crippen molar-refractivity contribution in [2.45, 2.75) is 51.5 Å². The highest BCUT2D eigenvalue weighted by atomic mass is 16.5. The van der Waals surface area contributed by atoms with Crippen LogP contribution in [0, 0.1) is 11.8 Å². The van der Waals surface area contributed by atoms with Crippen LogP contribution < -0.4 is 5.32 Å². The lowest BCUT2D eigenvalue weighted by atomic mass is 9.98. The van der Waals surface area contributed by atoms with E-state index in [1.807, 2.05) is 0 Å². The molecule has 4 heteroatoms. The quantitative estimate of drug-likeness (QED) is 0.742. The van der Waals surface area contributed by atoms with Gasteiger partial charge in [-0.15, -0.1) is 0 Å². The fourth-order valence-electron chi connectivity index (χ4n) is 2.45. The monoisotopic (exact) mass is 239 g/mol. The molecule has 0 saturated heterocycles. The van der Waals surface area contributed by atoms with Gasteiger partial charge in [-0.2, -0.15) is 0 Å². The van der Waals surface area contributed by atoms with E-state index < -0.39 is 6.04 Å². The van der Waals surface area contributed by atoms with Crippen molar-refractivity contribution in [2.75, 3.05) is 6.61 Å². The third-order valence-electron chi connectivity index (χ3n) is 3.64. The van der Waals surface area contributed by atoms with Crippen LogP contribution in [0.3, 0.4) is 0 Å². The van der Waals surface area contributed by atoms with Crippen molar-refractivity contribution in [3.63, 3.8) is 0 Å². The molecule has 4 nitrogen and oxygen atoms in total. The summed E-state index contributed by atoms with van der Waals surface area (Å²) in [5, 5.41) is 2.75. The van der Waals surface area contributed by atoms with Gasteiger partial charge in [-0.25, -0.2) is 4.79 Å². The largest absolute Gasteiger partial charge is 0.464 e. The zero-order chi connectivity index (χ0) is 12.3. The Morgan fingerprint density at radius 1 is 1.24 bits per heavy atom. The van der Waals surface area contributed by atoms with Crippen molar-refractivity contribution in [1.82, 2.24) is 5.32 Å². The van der Waals surface area contributed by atoms with Gasteiger partial charge in [0.05, 0.1) is 6.61 Å². The maximum absolute atomic E-state index is 12.0. The molecule has 1 N–H and O–H groups in total. The molecule has 0 aromatic carbocycles. The van der Waals surface area contributed by atoms with Crippen LogP contribution in [0.25, 0.3) is 0 Å². The number of amides is 1. The van der Waals surface area contributed by atoms with Crippen LogP contribution in [0.1, 0.15) is 45.4 Å². The molecule has 0 aromatic rings. The predicted octanol–water partition coefficient (Wildman–Crippen LogP) is 1.63. The second-order valence-electron chi connectivity index (χ2n) is 5.30. The highest BCUT2D eigenvalue weighted by molar-refractivity contribution is 5.83. The second kappa shape index (κ2) is 5.52. The van der Waals surface area contributed by atoms with Gasteiger partial charge in [-0.3, -0.25) is 4.79 Å². The van der Waals surface area contributed by atoms with Gasteiger partial charge in [0, 0.05) is 6.92 Å². The molecule has 1 unspecified atom stereocenters. The Bertz CT molecular complexity index is 293. The molecule has 2 rings (SSSR count). The third kappa shape index (κ3) is 3.72. The number of carbonyl (C=O) groups is 2. The molecule has 0 spiro atoms. The first-order valence-electron chi connectivity index (χ1n) is 6.60. The van der Waals surface area contributed by atoms with Gasteiger partial charge < -0.3 is 10.1 Å². The highest BCUT2D eigenvalue weighted by Gasteiger charge is 2.33. The summed E-state index contributed by atoms with van der Waals surface area (Å²) >= 11 is 0. The van der Waals surface area contributed by atoms with E-state index >= 15 is 0 Å². The lowest BCUT2D eigenvalue weighted by Crippen LogP contribution is -2.45. The normalized spacial score (nSPS) is 22.2. The molecule has 1 atom stereocenters. The molecular weight excluding hydrogens is 218 g/mol. The molecule has 2 aliphatic rings. The molecule has 2 aliphatic carbocycles. The summed E-state index contributed by atoms with van der Waals surface area (Å²) < 4.78 is 5.29. The summed E-state index contributed by atoms with van der Waals surface area (Å²) in [6, 6.07) is -0.422. The van der Waals surface area contributed by atoms with Gasteiger partial charge in [-0.1, -0.05) is 12.8 Å². The average Bonchev–Trinajstić information content (AvgIpc) is 2.96. The van der Waals surface area contributed by atoms with Gasteiger partial charge in [0.2, 0.25) is 5.91 Å². The SMILES string of the molecule is CC(=O)NC(C(=O)OCC1CC1)C1CCCC1. The number of nitrogens with one attached hydrogen (secondary N) is 1. The molecule has 2 fully saturated rings. The Morgan fingerprint density at radius 3 is 2.41 bits per heavy atom. The number of rotatable bonds is 5. The molecule has 0 bridgehead atoms. The van der Waals surface area contributed by atoms with Crippen molar-refractivity contribution in [2.24, 2.45) is 11.8 Å². The molecule has 96 valence electrons. The highest BCUT2D eigenvalue weighted by Crippen LogP contribution is 2.31. The molecule has 0 radical (unpaired) electrons. The number of hydrogen-bond donors (Lipinski definition) is 1. The average molecular weight is 239 g/mol. The molecule has 0 aliphatic heterocycles.